The zero-order valence-electron chi connectivity index (χ0n) is 13.9. The molecule has 0 aromatic heterocycles. The molecule has 118 valence electrons. The van der Waals surface area contributed by atoms with Gasteiger partial charge < -0.3 is 5.73 Å². The van der Waals surface area contributed by atoms with Crippen LogP contribution in [0.5, 0.6) is 0 Å². The Morgan fingerprint density at radius 3 is 1.90 bits per heavy atom. The molecule has 0 heterocycles. The molecule has 0 aliphatic heterocycles. The second-order valence-electron chi connectivity index (χ2n) is 7.05. The Kier molecular flexibility index (Phi) is 6.76. The molecular weight excluding hydrogens is 254 g/mol. The maximum Gasteiger partial charge on any atom is -0.00141 e. The summed E-state index contributed by atoms with van der Waals surface area (Å²) < 4.78 is 0. The highest BCUT2D eigenvalue weighted by Gasteiger charge is 2.35. The number of nitrogens with two attached hydrogens (primary N) is 1. The van der Waals surface area contributed by atoms with E-state index in [0.717, 1.165) is 6.54 Å². The van der Waals surface area contributed by atoms with Crippen LogP contribution in [0, 0.1) is 5.41 Å². The van der Waals surface area contributed by atoms with E-state index < -0.39 is 0 Å². The molecule has 1 aromatic carbocycles. The second kappa shape index (κ2) is 8.58. The molecule has 2 rings (SSSR count). The van der Waals surface area contributed by atoms with Crippen molar-refractivity contribution in [1.82, 2.24) is 0 Å². The third kappa shape index (κ3) is 4.85. The summed E-state index contributed by atoms with van der Waals surface area (Å²) in [6.07, 6.45) is 14.9. The predicted octanol–water partition coefficient (Wildman–Crippen LogP) is 5.26. The van der Waals surface area contributed by atoms with Gasteiger partial charge in [0.25, 0.3) is 0 Å². The van der Waals surface area contributed by atoms with E-state index >= 15 is 0 Å². The van der Waals surface area contributed by atoms with E-state index in [1.807, 2.05) is 0 Å². The van der Waals surface area contributed by atoms with Crippen molar-refractivity contribution >= 4 is 0 Å². The number of hydrogen-bond acceptors (Lipinski definition) is 1. The normalized spacial score (nSPS) is 16.1. The molecule has 0 radical (unpaired) electrons. The number of unbranched alkanes of at least 4 members (excludes halogenated alkanes) is 7. The largest absolute Gasteiger partial charge is 0.330 e. The van der Waals surface area contributed by atoms with Gasteiger partial charge >= 0.3 is 0 Å². The van der Waals surface area contributed by atoms with Crippen molar-refractivity contribution in [2.75, 3.05) is 6.54 Å². The van der Waals surface area contributed by atoms with Gasteiger partial charge in [-0.2, -0.15) is 0 Å². The number of fused-ring (bicyclic) bond motifs is 1. The van der Waals surface area contributed by atoms with Gasteiger partial charge in [0.2, 0.25) is 0 Å². The number of hydrogen-bond donors (Lipinski definition) is 1. The zero-order valence-corrected chi connectivity index (χ0v) is 13.9. The molecule has 0 saturated carbocycles. The van der Waals surface area contributed by atoms with Gasteiger partial charge in [-0.3, -0.25) is 0 Å². The summed E-state index contributed by atoms with van der Waals surface area (Å²) in [7, 11) is 0. The van der Waals surface area contributed by atoms with Crippen molar-refractivity contribution in [3.8, 4) is 0 Å². The first-order valence-corrected chi connectivity index (χ1v) is 9.06. The Hall–Kier alpha value is -0.820. The molecule has 0 saturated heterocycles. The summed E-state index contributed by atoms with van der Waals surface area (Å²) in [4.78, 5) is 0. The van der Waals surface area contributed by atoms with Crippen LogP contribution in [0.1, 0.15) is 75.8 Å². The SMILES string of the molecule is CCCCCCCCCCC1(CN)Cc2ccccc2C1. The highest BCUT2D eigenvalue weighted by atomic mass is 14.6. The molecule has 0 spiro atoms. The van der Waals surface area contributed by atoms with Crippen LogP contribution in [0.15, 0.2) is 24.3 Å². The van der Waals surface area contributed by atoms with Gasteiger partial charge in [-0.25, -0.2) is 0 Å². The van der Waals surface area contributed by atoms with Crippen LogP contribution in [-0.2, 0) is 12.8 Å². The van der Waals surface area contributed by atoms with Gasteiger partial charge in [0.05, 0.1) is 0 Å². The Bertz CT molecular complexity index is 385. The molecule has 21 heavy (non-hydrogen) atoms. The summed E-state index contributed by atoms with van der Waals surface area (Å²) in [5, 5.41) is 0. The van der Waals surface area contributed by atoms with Crippen LogP contribution in [0.4, 0.5) is 0 Å². The lowest BCUT2D eigenvalue weighted by Gasteiger charge is -2.27. The van der Waals surface area contributed by atoms with Crippen LogP contribution in [0.2, 0.25) is 0 Å². The topological polar surface area (TPSA) is 26.0 Å². The van der Waals surface area contributed by atoms with Crippen molar-refractivity contribution in [3.05, 3.63) is 35.4 Å². The van der Waals surface area contributed by atoms with E-state index in [9.17, 15) is 0 Å². The molecule has 1 aromatic rings. The minimum atomic E-state index is 0.367. The quantitative estimate of drug-likeness (QED) is 0.583. The van der Waals surface area contributed by atoms with E-state index in [1.165, 1.54) is 70.6 Å². The summed E-state index contributed by atoms with van der Waals surface area (Å²) >= 11 is 0. The Morgan fingerprint density at radius 1 is 0.857 bits per heavy atom. The zero-order chi connectivity index (χ0) is 15.0. The van der Waals surface area contributed by atoms with E-state index in [2.05, 4.69) is 31.2 Å². The van der Waals surface area contributed by atoms with Crippen LogP contribution >= 0.6 is 0 Å². The molecule has 2 N–H and O–H groups in total. The van der Waals surface area contributed by atoms with Crippen LogP contribution in [0.3, 0.4) is 0 Å². The lowest BCUT2D eigenvalue weighted by atomic mass is 9.79. The smallest absolute Gasteiger partial charge is 0.00141 e. The van der Waals surface area contributed by atoms with Gasteiger partial charge in [-0.15, -0.1) is 0 Å². The first kappa shape index (κ1) is 16.5. The fourth-order valence-corrected chi connectivity index (χ4v) is 3.83. The predicted molar refractivity (Wildman–Crippen MR) is 92.6 cm³/mol. The van der Waals surface area contributed by atoms with Crippen molar-refractivity contribution < 1.29 is 0 Å². The van der Waals surface area contributed by atoms with Gasteiger partial charge in [-0.05, 0) is 42.3 Å². The number of benzene rings is 1. The minimum absolute atomic E-state index is 0.367. The Morgan fingerprint density at radius 2 is 1.38 bits per heavy atom. The first-order valence-electron chi connectivity index (χ1n) is 9.06. The highest BCUT2D eigenvalue weighted by molar-refractivity contribution is 5.34. The molecule has 1 nitrogen and oxygen atoms in total. The fraction of sp³-hybridized carbons (Fsp3) is 0.700. The summed E-state index contributed by atoms with van der Waals surface area (Å²) in [5.41, 5.74) is 9.60. The standard InChI is InChI=1S/C20H33N/c1-2-3-4-5-6-7-8-11-14-20(17-21)15-18-12-9-10-13-19(18)16-20/h9-10,12-13H,2-8,11,14-17,21H2,1H3. The minimum Gasteiger partial charge on any atom is -0.330 e. The van der Waals surface area contributed by atoms with Crippen molar-refractivity contribution in [3.63, 3.8) is 0 Å². The molecule has 0 bridgehead atoms. The summed E-state index contributed by atoms with van der Waals surface area (Å²) in [6.45, 7) is 3.13. The molecule has 0 fully saturated rings. The first-order chi connectivity index (χ1) is 10.3. The lowest BCUT2D eigenvalue weighted by Crippen LogP contribution is -2.31. The average molecular weight is 287 g/mol. The molecule has 0 atom stereocenters. The van der Waals surface area contributed by atoms with Crippen molar-refractivity contribution in [2.45, 2.75) is 77.6 Å². The van der Waals surface area contributed by atoms with Crippen molar-refractivity contribution in [1.29, 1.82) is 0 Å². The highest BCUT2D eigenvalue weighted by Crippen LogP contribution is 2.40. The summed E-state index contributed by atoms with van der Waals surface area (Å²) in [6, 6.07) is 8.92. The van der Waals surface area contributed by atoms with Gasteiger partial charge in [0, 0.05) is 0 Å². The molecule has 0 unspecified atom stereocenters. The second-order valence-corrected chi connectivity index (χ2v) is 7.05. The van der Waals surface area contributed by atoms with Gasteiger partial charge in [0.15, 0.2) is 0 Å². The average Bonchev–Trinajstić information content (AvgIpc) is 2.89. The maximum absolute atomic E-state index is 6.14. The van der Waals surface area contributed by atoms with Crippen LogP contribution in [0.25, 0.3) is 0 Å². The van der Waals surface area contributed by atoms with E-state index in [1.54, 1.807) is 11.1 Å². The van der Waals surface area contributed by atoms with E-state index in [0.29, 0.717) is 5.41 Å². The van der Waals surface area contributed by atoms with Gasteiger partial charge in [-0.1, -0.05) is 82.6 Å². The molecule has 1 aliphatic carbocycles. The number of rotatable bonds is 10. The molecular formula is C20H33N. The van der Waals surface area contributed by atoms with Crippen LogP contribution in [-0.4, -0.2) is 6.54 Å². The maximum atomic E-state index is 6.14. The van der Waals surface area contributed by atoms with Crippen LogP contribution < -0.4 is 5.73 Å². The van der Waals surface area contributed by atoms with Crippen molar-refractivity contribution in [2.24, 2.45) is 11.1 Å². The third-order valence-electron chi connectivity index (χ3n) is 5.24. The Labute approximate surface area is 131 Å². The van der Waals surface area contributed by atoms with E-state index in [-0.39, 0.29) is 0 Å². The third-order valence-corrected chi connectivity index (χ3v) is 5.24. The Balaban J connectivity index is 1.65. The molecule has 1 aliphatic rings. The van der Waals surface area contributed by atoms with E-state index in [4.69, 9.17) is 5.73 Å². The monoisotopic (exact) mass is 287 g/mol. The van der Waals surface area contributed by atoms with Gasteiger partial charge in [0.1, 0.15) is 0 Å². The fourth-order valence-electron chi connectivity index (χ4n) is 3.83. The molecule has 0 amide bonds. The summed E-state index contributed by atoms with van der Waals surface area (Å²) in [5.74, 6) is 0. The molecule has 1 heteroatoms. The lowest BCUT2D eigenvalue weighted by molar-refractivity contribution is 0.278.